The summed E-state index contributed by atoms with van der Waals surface area (Å²) in [6, 6.07) is 3.33. The highest BCUT2D eigenvalue weighted by atomic mass is 32.1. The Kier molecular flexibility index (Phi) is 4.84. The van der Waals surface area contributed by atoms with Crippen molar-refractivity contribution in [1.29, 1.82) is 0 Å². The van der Waals surface area contributed by atoms with Crippen molar-refractivity contribution in [1.82, 2.24) is 5.32 Å². The molecule has 26 heavy (non-hydrogen) atoms. The largest absolute Gasteiger partial charge is 0.478 e. The standard InChI is InChI=1S/C17H18N2O6S/c1-17(2)6-10-11(8-25-17)26-15(12(10)16(22)23)19-14(21)13(20)18-7-9-4-3-5-24-9/h3-5H,6-8H2,1-2H3,(H,18,20)(H,19,21)(H,22,23). The predicted octanol–water partition coefficient (Wildman–Crippen LogP) is 2.15. The summed E-state index contributed by atoms with van der Waals surface area (Å²) >= 11 is 1.12. The number of anilines is 1. The summed E-state index contributed by atoms with van der Waals surface area (Å²) in [6.07, 6.45) is 1.88. The second kappa shape index (κ2) is 6.93. The summed E-state index contributed by atoms with van der Waals surface area (Å²) < 4.78 is 10.8. The van der Waals surface area contributed by atoms with Crippen molar-refractivity contribution in [2.24, 2.45) is 0 Å². The van der Waals surface area contributed by atoms with Crippen LogP contribution in [-0.4, -0.2) is 28.5 Å². The van der Waals surface area contributed by atoms with E-state index in [1.807, 2.05) is 13.8 Å². The van der Waals surface area contributed by atoms with E-state index in [1.54, 1.807) is 12.1 Å². The highest BCUT2D eigenvalue weighted by Crippen LogP contribution is 2.40. The summed E-state index contributed by atoms with van der Waals surface area (Å²) in [5, 5.41) is 14.5. The van der Waals surface area contributed by atoms with E-state index in [2.05, 4.69) is 10.6 Å². The van der Waals surface area contributed by atoms with Gasteiger partial charge in [-0.3, -0.25) is 9.59 Å². The molecule has 0 saturated carbocycles. The fourth-order valence-electron chi connectivity index (χ4n) is 2.69. The van der Waals surface area contributed by atoms with Crippen LogP contribution in [0.2, 0.25) is 0 Å². The van der Waals surface area contributed by atoms with Crippen LogP contribution in [0.4, 0.5) is 5.00 Å². The van der Waals surface area contributed by atoms with Crippen LogP contribution in [0.3, 0.4) is 0 Å². The van der Waals surface area contributed by atoms with Gasteiger partial charge in [-0.1, -0.05) is 0 Å². The average molecular weight is 378 g/mol. The maximum absolute atomic E-state index is 12.1. The lowest BCUT2D eigenvalue weighted by molar-refractivity contribution is -0.136. The molecule has 0 unspecified atom stereocenters. The zero-order valence-corrected chi connectivity index (χ0v) is 15.1. The Bertz CT molecular complexity index is 853. The number of aromatic carboxylic acids is 1. The smallest absolute Gasteiger partial charge is 0.339 e. The second-order valence-corrected chi connectivity index (χ2v) is 7.56. The third-order valence-corrected chi connectivity index (χ3v) is 5.06. The number of furan rings is 1. The molecule has 0 spiro atoms. The molecule has 9 heteroatoms. The maximum Gasteiger partial charge on any atom is 0.339 e. The lowest BCUT2D eigenvalue weighted by Gasteiger charge is -2.30. The van der Waals surface area contributed by atoms with Crippen LogP contribution in [-0.2, 0) is 33.9 Å². The molecule has 2 aromatic heterocycles. The third-order valence-electron chi connectivity index (χ3n) is 3.94. The highest BCUT2D eigenvalue weighted by molar-refractivity contribution is 7.17. The monoisotopic (exact) mass is 378 g/mol. The van der Waals surface area contributed by atoms with Crippen LogP contribution in [0.1, 0.15) is 40.4 Å². The molecule has 0 aromatic carbocycles. The van der Waals surface area contributed by atoms with Crippen molar-refractivity contribution < 1.29 is 28.6 Å². The normalized spacial score (nSPS) is 15.2. The van der Waals surface area contributed by atoms with Crippen LogP contribution in [0, 0.1) is 0 Å². The van der Waals surface area contributed by atoms with Gasteiger partial charge in [-0.05, 0) is 31.5 Å². The average Bonchev–Trinajstić information content (AvgIpc) is 3.18. The number of nitrogens with one attached hydrogen (secondary N) is 2. The van der Waals surface area contributed by atoms with E-state index < -0.39 is 23.4 Å². The topological polar surface area (TPSA) is 118 Å². The van der Waals surface area contributed by atoms with E-state index in [1.165, 1.54) is 6.26 Å². The van der Waals surface area contributed by atoms with Crippen LogP contribution < -0.4 is 10.6 Å². The highest BCUT2D eigenvalue weighted by Gasteiger charge is 2.34. The van der Waals surface area contributed by atoms with Crippen molar-refractivity contribution >= 4 is 34.1 Å². The fourth-order valence-corrected chi connectivity index (χ4v) is 3.81. The van der Waals surface area contributed by atoms with Gasteiger partial charge in [-0.15, -0.1) is 11.3 Å². The van der Waals surface area contributed by atoms with Gasteiger partial charge < -0.3 is 24.9 Å². The molecular formula is C17H18N2O6S. The van der Waals surface area contributed by atoms with Gasteiger partial charge in [0.05, 0.1) is 30.6 Å². The maximum atomic E-state index is 12.1. The number of thiophene rings is 1. The Morgan fingerprint density at radius 1 is 1.31 bits per heavy atom. The Balaban J connectivity index is 1.75. The first-order valence-electron chi connectivity index (χ1n) is 7.90. The van der Waals surface area contributed by atoms with Gasteiger partial charge in [0.2, 0.25) is 0 Å². The zero-order chi connectivity index (χ0) is 18.9. The van der Waals surface area contributed by atoms with E-state index in [0.717, 1.165) is 16.2 Å². The number of rotatable bonds is 4. The molecule has 0 bridgehead atoms. The van der Waals surface area contributed by atoms with Crippen molar-refractivity contribution in [3.05, 3.63) is 40.2 Å². The SMILES string of the molecule is CC1(C)Cc2c(sc(NC(=O)C(=O)NCc3ccco3)c2C(=O)O)CO1. The molecule has 0 saturated heterocycles. The van der Waals surface area contributed by atoms with E-state index >= 15 is 0 Å². The Labute approximate surface area is 153 Å². The minimum Gasteiger partial charge on any atom is -0.478 e. The van der Waals surface area contributed by atoms with Crippen LogP contribution >= 0.6 is 11.3 Å². The van der Waals surface area contributed by atoms with Gasteiger partial charge in [0.15, 0.2) is 0 Å². The van der Waals surface area contributed by atoms with Gasteiger partial charge >= 0.3 is 17.8 Å². The molecule has 2 aromatic rings. The molecule has 0 radical (unpaired) electrons. The molecule has 138 valence electrons. The number of amides is 2. The zero-order valence-electron chi connectivity index (χ0n) is 14.3. The molecule has 0 aliphatic carbocycles. The number of carbonyl (C=O) groups is 3. The number of ether oxygens (including phenoxy) is 1. The number of carboxylic acid groups (broad SMARTS) is 1. The van der Waals surface area contributed by atoms with Gasteiger partial charge in [0, 0.05) is 11.3 Å². The summed E-state index contributed by atoms with van der Waals surface area (Å²) in [5.74, 6) is -2.45. The molecule has 3 heterocycles. The van der Waals surface area contributed by atoms with Gasteiger partial charge in [0.25, 0.3) is 0 Å². The number of carbonyl (C=O) groups excluding carboxylic acids is 2. The second-order valence-electron chi connectivity index (χ2n) is 6.45. The molecule has 1 aliphatic heterocycles. The summed E-state index contributed by atoms with van der Waals surface area (Å²) in [7, 11) is 0. The van der Waals surface area contributed by atoms with E-state index in [-0.39, 0.29) is 23.7 Å². The lowest BCUT2D eigenvalue weighted by Crippen LogP contribution is -2.35. The molecule has 1 aliphatic rings. The number of hydrogen-bond acceptors (Lipinski definition) is 6. The van der Waals surface area contributed by atoms with E-state index in [4.69, 9.17) is 9.15 Å². The Morgan fingerprint density at radius 3 is 2.73 bits per heavy atom. The first-order chi connectivity index (χ1) is 12.3. The van der Waals surface area contributed by atoms with Crippen molar-refractivity contribution in [2.75, 3.05) is 5.32 Å². The number of hydrogen-bond donors (Lipinski definition) is 3. The fraction of sp³-hybridized carbons (Fsp3) is 0.353. The Morgan fingerprint density at radius 2 is 2.08 bits per heavy atom. The van der Waals surface area contributed by atoms with Crippen LogP contribution in [0.5, 0.6) is 0 Å². The van der Waals surface area contributed by atoms with Crippen molar-refractivity contribution in [3.8, 4) is 0 Å². The molecule has 3 N–H and O–H groups in total. The van der Waals surface area contributed by atoms with Crippen LogP contribution in [0.15, 0.2) is 22.8 Å². The first kappa shape index (κ1) is 18.2. The molecule has 3 rings (SSSR count). The van der Waals surface area contributed by atoms with E-state index in [9.17, 15) is 19.5 Å². The predicted molar refractivity (Wildman–Crippen MR) is 93.0 cm³/mol. The minimum atomic E-state index is -1.15. The number of carboxylic acids is 1. The van der Waals surface area contributed by atoms with Gasteiger partial charge in [0.1, 0.15) is 10.8 Å². The Hall–Kier alpha value is -2.65. The number of fused-ring (bicyclic) bond motifs is 1. The summed E-state index contributed by atoms with van der Waals surface area (Å²) in [5.41, 5.74) is 0.179. The minimum absolute atomic E-state index is 0.0218. The molecule has 2 amide bonds. The lowest BCUT2D eigenvalue weighted by atomic mass is 9.93. The quantitative estimate of drug-likeness (QED) is 0.702. The molecule has 0 atom stereocenters. The molecular weight excluding hydrogens is 360 g/mol. The third kappa shape index (κ3) is 3.78. The van der Waals surface area contributed by atoms with E-state index in [0.29, 0.717) is 17.7 Å². The molecule has 8 nitrogen and oxygen atoms in total. The van der Waals surface area contributed by atoms with Crippen LogP contribution in [0.25, 0.3) is 0 Å². The van der Waals surface area contributed by atoms with Crippen molar-refractivity contribution in [3.63, 3.8) is 0 Å². The van der Waals surface area contributed by atoms with Gasteiger partial charge in [-0.25, -0.2) is 4.79 Å². The first-order valence-corrected chi connectivity index (χ1v) is 8.72. The van der Waals surface area contributed by atoms with Gasteiger partial charge in [-0.2, -0.15) is 0 Å². The summed E-state index contributed by atoms with van der Waals surface area (Å²) in [6.45, 7) is 4.08. The summed E-state index contributed by atoms with van der Waals surface area (Å²) in [4.78, 5) is 36.5. The molecule has 0 fully saturated rings. The van der Waals surface area contributed by atoms with Crippen molar-refractivity contribution in [2.45, 2.75) is 39.0 Å².